The quantitative estimate of drug-likeness (QED) is 0.558. The van der Waals surface area contributed by atoms with Crippen LogP contribution in [0, 0.1) is 0 Å². The molecule has 0 fully saturated rings. The number of aliphatic imine (C=N–C) groups is 1. The molecular formula is C11H23N5O2. The summed E-state index contributed by atoms with van der Waals surface area (Å²) in [5.74, 6) is -0.316. The Morgan fingerprint density at radius 3 is 2.67 bits per heavy atom. The van der Waals surface area contributed by atoms with Crippen molar-refractivity contribution in [3.63, 3.8) is 0 Å². The maximum atomic E-state index is 10.5. The van der Waals surface area contributed by atoms with Gasteiger partial charge >= 0.3 is 5.97 Å². The lowest BCUT2D eigenvalue weighted by atomic mass is 10.4. The van der Waals surface area contributed by atoms with Gasteiger partial charge in [-0.2, -0.15) is 0 Å². The zero-order valence-electron chi connectivity index (χ0n) is 11.1. The monoisotopic (exact) mass is 257 g/mol. The number of carboxylic acids is 1. The van der Waals surface area contributed by atoms with Gasteiger partial charge in [0.15, 0.2) is 5.96 Å². The van der Waals surface area contributed by atoms with Crippen molar-refractivity contribution >= 4 is 11.9 Å². The molecule has 7 heteroatoms. The van der Waals surface area contributed by atoms with Crippen LogP contribution in [0.3, 0.4) is 0 Å². The van der Waals surface area contributed by atoms with Crippen molar-refractivity contribution in [1.82, 2.24) is 20.4 Å². The normalized spacial score (nSPS) is 20.4. The number of hydrogen-bond acceptors (Lipinski definition) is 6. The first-order chi connectivity index (χ1) is 8.58. The summed E-state index contributed by atoms with van der Waals surface area (Å²) in [6.07, 6.45) is 0. The fraction of sp³-hybridized carbons (Fsp3) is 0.818. The zero-order valence-corrected chi connectivity index (χ0v) is 11.1. The lowest BCUT2D eigenvalue weighted by molar-refractivity contribution is -0.135. The summed E-state index contributed by atoms with van der Waals surface area (Å²) in [5.41, 5.74) is 0. The molecule has 0 bridgehead atoms. The number of rotatable bonds is 2. The van der Waals surface area contributed by atoms with Gasteiger partial charge in [0.25, 0.3) is 0 Å². The third-order valence-electron chi connectivity index (χ3n) is 2.81. The molecule has 0 amide bonds. The molecule has 0 spiro atoms. The molecule has 0 saturated carbocycles. The van der Waals surface area contributed by atoms with Gasteiger partial charge in [-0.3, -0.25) is 9.79 Å². The van der Waals surface area contributed by atoms with Crippen LogP contribution in [0.25, 0.3) is 0 Å². The Balaban J connectivity index is 2.50. The summed E-state index contributed by atoms with van der Waals surface area (Å²) in [6, 6.07) is 0. The van der Waals surface area contributed by atoms with Crippen LogP contribution in [0.4, 0.5) is 0 Å². The van der Waals surface area contributed by atoms with E-state index in [1.807, 2.05) is 0 Å². The van der Waals surface area contributed by atoms with E-state index in [-0.39, 0.29) is 6.54 Å². The summed E-state index contributed by atoms with van der Waals surface area (Å²) < 4.78 is 0. The largest absolute Gasteiger partial charge is 0.480 e. The second-order valence-corrected chi connectivity index (χ2v) is 4.51. The van der Waals surface area contributed by atoms with Gasteiger partial charge in [-0.05, 0) is 14.1 Å². The first-order valence-corrected chi connectivity index (χ1v) is 6.19. The number of guanidine groups is 1. The summed E-state index contributed by atoms with van der Waals surface area (Å²) in [6.45, 7) is 5.12. The Bertz CT molecular complexity index is 295. The van der Waals surface area contributed by atoms with Gasteiger partial charge in [-0.1, -0.05) is 0 Å². The fourth-order valence-electron chi connectivity index (χ4n) is 1.60. The Kier molecular flexibility index (Phi) is 6.45. The van der Waals surface area contributed by atoms with Gasteiger partial charge in [0, 0.05) is 32.7 Å². The van der Waals surface area contributed by atoms with Crippen molar-refractivity contribution in [2.24, 2.45) is 4.99 Å². The highest BCUT2D eigenvalue weighted by Crippen LogP contribution is 1.89. The van der Waals surface area contributed by atoms with Gasteiger partial charge in [-0.25, -0.2) is 0 Å². The molecule has 0 aromatic heterocycles. The van der Waals surface area contributed by atoms with E-state index in [0.29, 0.717) is 12.5 Å². The predicted molar refractivity (Wildman–Crippen MR) is 70.9 cm³/mol. The lowest BCUT2D eigenvalue weighted by Crippen LogP contribution is -2.43. The van der Waals surface area contributed by atoms with Crippen molar-refractivity contribution in [2.75, 3.05) is 59.9 Å². The second kappa shape index (κ2) is 7.88. The first-order valence-electron chi connectivity index (χ1n) is 6.19. The van der Waals surface area contributed by atoms with Crippen LogP contribution in [0.5, 0.6) is 0 Å². The van der Waals surface area contributed by atoms with E-state index in [0.717, 1.165) is 32.7 Å². The SMILES string of the molecule is CN1CCN=C(NCC(=O)O)NCCN(C)CC1. The molecule has 1 rings (SSSR count). The van der Waals surface area contributed by atoms with Crippen molar-refractivity contribution in [3.05, 3.63) is 0 Å². The van der Waals surface area contributed by atoms with Crippen molar-refractivity contribution in [1.29, 1.82) is 0 Å². The van der Waals surface area contributed by atoms with E-state index < -0.39 is 5.97 Å². The standard InChI is InChI=1S/C11H23N5O2/c1-15-5-3-12-11(14-9-10(17)18)13-4-6-16(2)8-7-15/h3-9H2,1-2H3,(H,17,18)(H2,12,13,14). The van der Waals surface area contributed by atoms with Crippen LogP contribution in [0.15, 0.2) is 4.99 Å². The maximum Gasteiger partial charge on any atom is 0.322 e. The fourth-order valence-corrected chi connectivity index (χ4v) is 1.60. The van der Waals surface area contributed by atoms with Gasteiger partial charge in [0.2, 0.25) is 0 Å². The molecule has 0 radical (unpaired) electrons. The summed E-state index contributed by atoms with van der Waals surface area (Å²) >= 11 is 0. The molecule has 0 aromatic carbocycles. The number of likely N-dealkylation sites (N-methyl/N-ethyl adjacent to an activating group) is 2. The van der Waals surface area contributed by atoms with Crippen LogP contribution >= 0.6 is 0 Å². The molecule has 3 N–H and O–H groups in total. The van der Waals surface area contributed by atoms with Crippen LogP contribution in [-0.4, -0.2) is 86.7 Å². The smallest absolute Gasteiger partial charge is 0.322 e. The maximum absolute atomic E-state index is 10.5. The van der Waals surface area contributed by atoms with E-state index in [2.05, 4.69) is 39.5 Å². The van der Waals surface area contributed by atoms with Crippen LogP contribution in [0.1, 0.15) is 0 Å². The number of aliphatic carboxylic acids is 1. The molecule has 0 aromatic rings. The molecule has 0 saturated heterocycles. The Morgan fingerprint density at radius 2 is 2.00 bits per heavy atom. The van der Waals surface area contributed by atoms with Crippen LogP contribution in [-0.2, 0) is 4.79 Å². The third kappa shape index (κ3) is 6.41. The molecule has 1 aliphatic heterocycles. The minimum Gasteiger partial charge on any atom is -0.480 e. The number of hydrogen-bond donors (Lipinski definition) is 3. The van der Waals surface area contributed by atoms with E-state index in [9.17, 15) is 4.79 Å². The Morgan fingerprint density at radius 1 is 1.33 bits per heavy atom. The average molecular weight is 257 g/mol. The number of carbonyl (C=O) groups is 1. The minimum atomic E-state index is -0.886. The van der Waals surface area contributed by atoms with Gasteiger partial charge in [-0.15, -0.1) is 0 Å². The Hall–Kier alpha value is -1.34. The summed E-state index contributed by atoms with van der Waals surface area (Å²) in [5, 5.41) is 14.6. The molecule has 18 heavy (non-hydrogen) atoms. The van der Waals surface area contributed by atoms with Crippen LogP contribution < -0.4 is 10.6 Å². The molecule has 1 heterocycles. The van der Waals surface area contributed by atoms with E-state index >= 15 is 0 Å². The molecule has 0 atom stereocenters. The lowest BCUT2D eigenvalue weighted by Gasteiger charge is -2.20. The van der Waals surface area contributed by atoms with Crippen molar-refractivity contribution < 1.29 is 9.90 Å². The minimum absolute atomic E-state index is 0.114. The first kappa shape index (κ1) is 14.7. The zero-order chi connectivity index (χ0) is 13.4. The highest BCUT2D eigenvalue weighted by atomic mass is 16.4. The molecule has 104 valence electrons. The molecule has 7 nitrogen and oxygen atoms in total. The van der Waals surface area contributed by atoms with Gasteiger partial charge < -0.3 is 25.5 Å². The van der Waals surface area contributed by atoms with Crippen LogP contribution in [0.2, 0.25) is 0 Å². The van der Waals surface area contributed by atoms with E-state index in [4.69, 9.17) is 5.11 Å². The molecule has 0 aliphatic carbocycles. The number of nitrogens with zero attached hydrogens (tertiary/aromatic N) is 3. The van der Waals surface area contributed by atoms with Gasteiger partial charge in [0.05, 0.1) is 6.54 Å². The highest BCUT2D eigenvalue weighted by Gasteiger charge is 2.06. The highest BCUT2D eigenvalue weighted by molar-refractivity contribution is 5.83. The number of carboxylic acid groups (broad SMARTS) is 1. The second-order valence-electron chi connectivity index (χ2n) is 4.51. The van der Waals surface area contributed by atoms with E-state index in [1.165, 1.54) is 0 Å². The Labute approximate surface area is 108 Å². The third-order valence-corrected chi connectivity index (χ3v) is 2.81. The molecule has 0 unspecified atom stereocenters. The number of nitrogens with one attached hydrogen (secondary N) is 2. The summed E-state index contributed by atoms with van der Waals surface area (Å²) in [4.78, 5) is 19.3. The topological polar surface area (TPSA) is 80.2 Å². The van der Waals surface area contributed by atoms with Crippen molar-refractivity contribution in [3.8, 4) is 0 Å². The van der Waals surface area contributed by atoms with Gasteiger partial charge in [0.1, 0.15) is 6.54 Å². The average Bonchev–Trinajstić information content (AvgIpc) is 2.34. The molecule has 1 aliphatic rings. The van der Waals surface area contributed by atoms with Crippen molar-refractivity contribution in [2.45, 2.75) is 0 Å². The van der Waals surface area contributed by atoms with E-state index in [1.54, 1.807) is 0 Å². The molecular weight excluding hydrogens is 234 g/mol. The summed E-state index contributed by atoms with van der Waals surface area (Å²) in [7, 11) is 4.15. The predicted octanol–water partition coefficient (Wildman–Crippen LogP) is -1.52.